The highest BCUT2D eigenvalue weighted by molar-refractivity contribution is 5.58. The van der Waals surface area contributed by atoms with Crippen molar-refractivity contribution >= 4 is 17.5 Å². The van der Waals surface area contributed by atoms with Crippen molar-refractivity contribution < 1.29 is 9.84 Å². The molecule has 6 heteroatoms. The lowest BCUT2D eigenvalue weighted by atomic mass is 10.2. The predicted octanol–water partition coefficient (Wildman–Crippen LogP) is 3.14. The molecule has 2 N–H and O–H groups in total. The van der Waals surface area contributed by atoms with Gasteiger partial charge in [0.1, 0.15) is 11.6 Å². The molecule has 0 amide bonds. The molecule has 2 aromatic rings. The summed E-state index contributed by atoms with van der Waals surface area (Å²) in [7, 11) is 1.65. The molecule has 0 bridgehead atoms. The summed E-state index contributed by atoms with van der Waals surface area (Å²) >= 11 is 0. The zero-order chi connectivity index (χ0) is 17.6. The minimum Gasteiger partial charge on any atom is -0.497 e. The molecule has 134 valence electrons. The normalized spacial score (nSPS) is 16.9. The fourth-order valence-electron chi connectivity index (χ4n) is 3.23. The van der Waals surface area contributed by atoms with Crippen LogP contribution in [0.2, 0.25) is 0 Å². The van der Waals surface area contributed by atoms with Crippen molar-refractivity contribution in [1.82, 2.24) is 9.97 Å². The Morgan fingerprint density at radius 2 is 2.20 bits per heavy atom. The van der Waals surface area contributed by atoms with Gasteiger partial charge >= 0.3 is 0 Å². The minimum absolute atomic E-state index is 0.147. The van der Waals surface area contributed by atoms with Crippen LogP contribution in [0.5, 0.6) is 5.75 Å². The number of anilines is 3. The van der Waals surface area contributed by atoms with Crippen LogP contribution in [0.1, 0.15) is 31.9 Å². The Morgan fingerprint density at radius 3 is 2.96 bits per heavy atom. The van der Waals surface area contributed by atoms with Gasteiger partial charge in [0.15, 0.2) is 0 Å². The van der Waals surface area contributed by atoms with Crippen molar-refractivity contribution in [3.05, 3.63) is 36.0 Å². The second-order valence-electron chi connectivity index (χ2n) is 6.32. The number of hydrogen-bond acceptors (Lipinski definition) is 6. The number of methoxy groups -OCH3 is 1. The van der Waals surface area contributed by atoms with E-state index in [1.165, 1.54) is 0 Å². The number of aliphatic hydroxyl groups excluding tert-OH is 1. The van der Waals surface area contributed by atoms with E-state index in [-0.39, 0.29) is 12.6 Å². The fraction of sp³-hybridized carbons (Fsp3) is 0.474. The second-order valence-corrected chi connectivity index (χ2v) is 6.32. The van der Waals surface area contributed by atoms with Crippen LogP contribution in [0.3, 0.4) is 0 Å². The molecule has 0 saturated carbocycles. The smallest absolute Gasteiger partial charge is 0.229 e. The number of rotatable bonds is 7. The second kappa shape index (κ2) is 8.16. The monoisotopic (exact) mass is 342 g/mol. The third-order valence-corrected chi connectivity index (χ3v) is 4.48. The number of nitrogens with zero attached hydrogens (tertiary/aromatic N) is 3. The van der Waals surface area contributed by atoms with Gasteiger partial charge in [-0.2, -0.15) is 4.98 Å². The van der Waals surface area contributed by atoms with Crippen molar-refractivity contribution in [3.63, 3.8) is 0 Å². The van der Waals surface area contributed by atoms with Gasteiger partial charge in [-0.05, 0) is 31.4 Å². The van der Waals surface area contributed by atoms with Gasteiger partial charge in [0, 0.05) is 30.1 Å². The Hall–Kier alpha value is -2.34. The highest BCUT2D eigenvalue weighted by atomic mass is 16.5. The van der Waals surface area contributed by atoms with Gasteiger partial charge in [-0.1, -0.05) is 19.4 Å². The van der Waals surface area contributed by atoms with E-state index >= 15 is 0 Å². The summed E-state index contributed by atoms with van der Waals surface area (Å²) in [6.45, 7) is 3.22. The Morgan fingerprint density at radius 1 is 1.32 bits per heavy atom. The Labute approximate surface area is 148 Å². The quantitative estimate of drug-likeness (QED) is 0.805. The zero-order valence-electron chi connectivity index (χ0n) is 14.9. The molecular weight excluding hydrogens is 316 g/mol. The van der Waals surface area contributed by atoms with Gasteiger partial charge in [-0.25, -0.2) is 4.98 Å². The average Bonchev–Trinajstić information content (AvgIpc) is 3.11. The Bertz CT molecular complexity index is 708. The summed E-state index contributed by atoms with van der Waals surface area (Å²) in [5, 5.41) is 12.9. The van der Waals surface area contributed by atoms with Crippen molar-refractivity contribution in [1.29, 1.82) is 0 Å². The summed E-state index contributed by atoms with van der Waals surface area (Å²) in [6, 6.07) is 9.91. The molecule has 1 saturated heterocycles. The van der Waals surface area contributed by atoms with Crippen LogP contribution in [-0.4, -0.2) is 41.4 Å². The Balaban J connectivity index is 1.89. The lowest BCUT2D eigenvalue weighted by molar-refractivity contribution is 0.266. The van der Waals surface area contributed by atoms with Gasteiger partial charge in [-0.3, -0.25) is 0 Å². The van der Waals surface area contributed by atoms with Crippen LogP contribution in [0.15, 0.2) is 30.3 Å². The van der Waals surface area contributed by atoms with Crippen LogP contribution in [0.4, 0.5) is 17.5 Å². The summed E-state index contributed by atoms with van der Waals surface area (Å²) in [6.07, 6.45) is 4.01. The molecule has 3 rings (SSSR count). The molecule has 0 unspecified atom stereocenters. The molecule has 1 aliphatic rings. The number of benzene rings is 1. The largest absolute Gasteiger partial charge is 0.497 e. The first-order chi connectivity index (χ1) is 12.2. The molecule has 1 atom stereocenters. The third kappa shape index (κ3) is 4.20. The highest BCUT2D eigenvalue weighted by Crippen LogP contribution is 2.27. The van der Waals surface area contributed by atoms with E-state index < -0.39 is 0 Å². The van der Waals surface area contributed by atoms with Crippen LogP contribution in [-0.2, 0) is 6.42 Å². The lowest BCUT2D eigenvalue weighted by Crippen LogP contribution is -2.33. The van der Waals surface area contributed by atoms with Crippen LogP contribution in [0.25, 0.3) is 0 Å². The van der Waals surface area contributed by atoms with E-state index in [2.05, 4.69) is 22.1 Å². The van der Waals surface area contributed by atoms with Gasteiger partial charge in [0.25, 0.3) is 0 Å². The van der Waals surface area contributed by atoms with E-state index in [1.807, 2.05) is 30.3 Å². The van der Waals surface area contributed by atoms with E-state index in [1.54, 1.807) is 7.11 Å². The number of aryl methyl sites for hydroxylation is 1. The third-order valence-electron chi connectivity index (χ3n) is 4.48. The lowest BCUT2D eigenvalue weighted by Gasteiger charge is -2.25. The molecule has 1 aromatic carbocycles. The number of hydrogen-bond donors (Lipinski definition) is 2. The molecule has 1 fully saturated rings. The maximum atomic E-state index is 9.62. The topological polar surface area (TPSA) is 70.5 Å². The molecular formula is C19H26N4O2. The SMILES string of the molecule is CCCc1cc(N2CCC[C@H]2CO)nc(Nc2cccc(OC)c2)n1. The van der Waals surface area contributed by atoms with E-state index in [0.717, 1.165) is 55.2 Å². The van der Waals surface area contributed by atoms with E-state index in [4.69, 9.17) is 9.72 Å². The van der Waals surface area contributed by atoms with Gasteiger partial charge < -0.3 is 20.1 Å². The fourth-order valence-corrected chi connectivity index (χ4v) is 3.23. The average molecular weight is 342 g/mol. The highest BCUT2D eigenvalue weighted by Gasteiger charge is 2.25. The molecule has 0 aliphatic carbocycles. The van der Waals surface area contributed by atoms with E-state index in [9.17, 15) is 5.11 Å². The zero-order valence-corrected chi connectivity index (χ0v) is 14.9. The van der Waals surface area contributed by atoms with Gasteiger partial charge in [0.05, 0.1) is 19.8 Å². The number of aromatic nitrogens is 2. The van der Waals surface area contributed by atoms with Gasteiger partial charge in [0.2, 0.25) is 5.95 Å². The number of nitrogens with one attached hydrogen (secondary N) is 1. The molecule has 2 heterocycles. The first kappa shape index (κ1) is 17.5. The molecule has 25 heavy (non-hydrogen) atoms. The maximum absolute atomic E-state index is 9.62. The summed E-state index contributed by atoms with van der Waals surface area (Å²) in [5.41, 5.74) is 1.90. The van der Waals surface area contributed by atoms with E-state index in [0.29, 0.717) is 5.95 Å². The standard InChI is InChI=1S/C19H26N4O2/c1-3-6-14-12-18(23-10-5-8-16(23)13-24)22-19(20-14)21-15-7-4-9-17(11-15)25-2/h4,7,9,11-12,16,24H,3,5-6,8,10,13H2,1-2H3,(H,20,21,22)/t16-/m0/s1. The molecule has 0 spiro atoms. The van der Waals surface area contributed by atoms with Crippen LogP contribution >= 0.6 is 0 Å². The molecule has 1 aromatic heterocycles. The predicted molar refractivity (Wildman–Crippen MR) is 99.8 cm³/mol. The van der Waals surface area contributed by atoms with Crippen molar-refractivity contribution in [2.24, 2.45) is 0 Å². The summed E-state index contributed by atoms with van der Waals surface area (Å²) < 4.78 is 5.27. The van der Waals surface area contributed by atoms with Crippen LogP contribution < -0.4 is 15.0 Å². The first-order valence-corrected chi connectivity index (χ1v) is 8.90. The Kier molecular flexibility index (Phi) is 5.71. The molecule has 1 aliphatic heterocycles. The van der Waals surface area contributed by atoms with Crippen molar-refractivity contribution in [2.45, 2.75) is 38.6 Å². The summed E-state index contributed by atoms with van der Waals surface area (Å²) in [5.74, 6) is 2.26. The van der Waals surface area contributed by atoms with Gasteiger partial charge in [-0.15, -0.1) is 0 Å². The molecule has 0 radical (unpaired) electrons. The van der Waals surface area contributed by atoms with Crippen LogP contribution in [0, 0.1) is 0 Å². The van der Waals surface area contributed by atoms with Crippen molar-refractivity contribution in [3.8, 4) is 5.75 Å². The maximum Gasteiger partial charge on any atom is 0.229 e. The first-order valence-electron chi connectivity index (χ1n) is 8.90. The number of aliphatic hydroxyl groups is 1. The summed E-state index contributed by atoms with van der Waals surface area (Å²) in [4.78, 5) is 11.5. The minimum atomic E-state index is 0.147. The molecule has 6 nitrogen and oxygen atoms in total. The number of ether oxygens (including phenoxy) is 1. The van der Waals surface area contributed by atoms with Crippen molar-refractivity contribution in [2.75, 3.05) is 30.5 Å².